The molecule has 0 bridgehead atoms. The van der Waals surface area contributed by atoms with Gasteiger partial charge in [-0.25, -0.2) is 9.59 Å². The van der Waals surface area contributed by atoms with Crippen LogP contribution in [0, 0.1) is 0 Å². The van der Waals surface area contributed by atoms with Crippen molar-refractivity contribution in [2.45, 2.75) is 88.3 Å². The average molecular weight is 1660 g/mol. The molecule has 6 aromatic carbocycles. The van der Waals surface area contributed by atoms with E-state index in [0.717, 1.165) is 59.5 Å². The van der Waals surface area contributed by atoms with Gasteiger partial charge < -0.3 is 79.7 Å². The molecule has 0 aromatic heterocycles. The highest BCUT2D eigenvalue weighted by Crippen LogP contribution is 2.24. The van der Waals surface area contributed by atoms with E-state index in [1.807, 2.05) is 91.0 Å². The number of allylic oxidation sites excluding steroid dienone is 1. The van der Waals surface area contributed by atoms with E-state index in [1.54, 1.807) is 97.1 Å². The average Bonchev–Trinajstić information content (AvgIpc) is 1.70. The number of benzene rings is 6. The van der Waals surface area contributed by atoms with Crippen LogP contribution in [0.1, 0.15) is 71.9 Å². The molecule has 20 heteroatoms. The highest BCUT2D eigenvalue weighted by Gasteiger charge is 2.27. The molecule has 0 spiro atoms. The lowest BCUT2D eigenvalue weighted by molar-refractivity contribution is -0.135. The number of epoxide rings is 1. The zero-order valence-corrected chi connectivity index (χ0v) is 69.4. The third-order valence-electron chi connectivity index (χ3n) is 16.7. The van der Waals surface area contributed by atoms with Crippen molar-refractivity contribution in [3.63, 3.8) is 0 Å². The highest BCUT2D eigenvalue weighted by atomic mass is 16.6. The van der Waals surface area contributed by atoms with E-state index < -0.39 is 59.3 Å². The normalized spacial score (nSPS) is 11.4. The van der Waals surface area contributed by atoms with Gasteiger partial charge in [0.2, 0.25) is 0 Å². The molecular formula is C103H107N3O17. The minimum Gasteiger partial charge on any atom is -0.508 e. The number of ether oxygens (including phenoxy) is 5. The van der Waals surface area contributed by atoms with Crippen LogP contribution >= 0.6 is 0 Å². The van der Waals surface area contributed by atoms with Crippen LogP contribution in [0.15, 0.2) is 374 Å². The molecule has 5 atom stereocenters. The Bertz CT molecular complexity index is 4840. The molecule has 5 unspecified atom stereocenters. The van der Waals surface area contributed by atoms with Gasteiger partial charge in [0, 0.05) is 39.3 Å². The fourth-order valence-electron chi connectivity index (χ4n) is 10.5. The number of rotatable bonds is 45. The van der Waals surface area contributed by atoms with Crippen LogP contribution in [0.5, 0.6) is 34.5 Å². The molecule has 123 heavy (non-hydrogen) atoms. The first-order chi connectivity index (χ1) is 59.5. The van der Waals surface area contributed by atoms with Crippen LogP contribution in [-0.4, -0.2) is 177 Å². The van der Waals surface area contributed by atoms with E-state index >= 15 is 0 Å². The predicted molar refractivity (Wildman–Crippen MR) is 479 cm³/mol. The predicted octanol–water partition coefficient (Wildman–Crippen LogP) is 15.3. The zero-order valence-electron chi connectivity index (χ0n) is 69.4. The van der Waals surface area contributed by atoms with Gasteiger partial charge in [-0.2, -0.15) is 0 Å². The number of phenols is 2. The lowest BCUT2D eigenvalue weighted by Crippen LogP contribution is -2.37. The highest BCUT2D eigenvalue weighted by molar-refractivity contribution is 5.95. The summed E-state index contributed by atoms with van der Waals surface area (Å²) in [5, 5.41) is 81.6. The lowest BCUT2D eigenvalue weighted by Gasteiger charge is -2.22. The summed E-state index contributed by atoms with van der Waals surface area (Å²) in [4.78, 5) is 51.6. The standard InChI is InChI=1S/C43H42N2O6.C31H24O8.C13H12O2.C10H18O.C6H11N/c1-7-13-15-17-38(42(48)44(27-9-3)28-10-4)40(46)32-50-36-23-19-34(20-24-36)31-35-21-25-37(26-22-35)51-33-41(47)39(18-16-14-8-2)43(49)45(29-11-5)30-12-6;1-3-5-7-9-26(30(34)35)28(32)20-38-24-15-11-22(12-16-24)19-23-13-17-25(18-14-23)39-21-29(33)27(31(36)37)10-8-6-4-2;14-12-5-1-10(2-6-12)9-11-3-7-13(15)8-4-11;1-2-3-4-5-6-7-8-10-9-11-10;1-3-5-7-6-4-2/h9-12,19-26,40-41,46-47H,1-6,27-33H2;11-18,28-29,32-33H,1-2,19-21H2,(H,34,35)(H,36,37);1-8,14-15H,9H2;2,10H,1,3-9H2;3-4,7H,1-2,5-6H2. The number of aliphatic hydroxyl groups excluding tert-OH is 4. The fourth-order valence-corrected chi connectivity index (χ4v) is 10.5. The summed E-state index contributed by atoms with van der Waals surface area (Å²) in [6.07, 6.45) is 17.0. The van der Waals surface area contributed by atoms with Crippen molar-refractivity contribution in [2.24, 2.45) is 0 Å². The Labute approximate surface area is 721 Å². The van der Waals surface area contributed by atoms with Gasteiger partial charge >= 0.3 is 11.9 Å². The molecule has 2 amide bonds. The van der Waals surface area contributed by atoms with Crippen LogP contribution in [-0.2, 0) is 43.2 Å². The second kappa shape index (κ2) is 62.6. The SMILES string of the molecule is C=C=C=C=C=C(C(=O)N(CC=C)CC=C)C(O)COc1ccc(Cc2ccc(OCC(O)C(=C=C=C=C=C)C(=O)N(CC=C)CC=C)cc2)cc1.C=C=C=C=C=C(C(=O)O)C(O)COc1ccc(Cc2ccc(OCC(O)C(=C=C=C=C=C)C(=O)O)cc2)cc1.C=CCCCCCCC1CO1.C=CCNCC=C.Oc1ccc(Cc2ccc(O)cc2)cc1. The second-order valence-electron chi connectivity index (χ2n) is 26.3. The number of unbranched alkanes of at least 4 members (excludes halogenated alkanes) is 4. The minimum atomic E-state index is -1.43. The Kier molecular flexibility index (Phi) is 52.2. The molecule has 1 heterocycles. The third-order valence-corrected chi connectivity index (χ3v) is 16.7. The van der Waals surface area contributed by atoms with Crippen molar-refractivity contribution < 1.29 is 83.7 Å². The van der Waals surface area contributed by atoms with Gasteiger partial charge in [0.15, 0.2) is 0 Å². The first-order valence-corrected chi connectivity index (χ1v) is 38.9. The topological polar surface area (TPSA) is 298 Å². The van der Waals surface area contributed by atoms with E-state index in [4.69, 9.17) is 33.9 Å². The summed E-state index contributed by atoms with van der Waals surface area (Å²) >= 11 is 0. The molecule has 1 saturated heterocycles. The summed E-state index contributed by atoms with van der Waals surface area (Å²) in [7, 11) is 0. The van der Waals surface area contributed by atoms with Crippen molar-refractivity contribution in [1.29, 1.82) is 0 Å². The van der Waals surface area contributed by atoms with E-state index in [2.05, 4.69) is 169 Å². The fraction of sp³-hybridized carbons (Fsp3) is 0.243. The van der Waals surface area contributed by atoms with Crippen molar-refractivity contribution >= 4 is 23.8 Å². The minimum absolute atomic E-state index is 0.0565. The van der Waals surface area contributed by atoms with Gasteiger partial charge in [-0.15, -0.1) is 46.1 Å². The second-order valence-corrected chi connectivity index (χ2v) is 26.3. The zero-order chi connectivity index (χ0) is 90.2. The van der Waals surface area contributed by atoms with Gasteiger partial charge in [0.05, 0.1) is 23.9 Å². The Hall–Kier alpha value is -14.6. The summed E-state index contributed by atoms with van der Waals surface area (Å²) in [6.45, 7) is 41.6. The summed E-state index contributed by atoms with van der Waals surface area (Å²) in [6, 6.07) is 43.1. The van der Waals surface area contributed by atoms with Crippen molar-refractivity contribution in [2.75, 3.05) is 72.3 Å². The molecule has 0 aliphatic carbocycles. The molecular weight excluding hydrogens is 1550 g/mol. The van der Waals surface area contributed by atoms with Gasteiger partial charge in [-0.05, 0) is 240 Å². The number of amides is 2. The molecule has 9 N–H and O–H groups in total. The van der Waals surface area contributed by atoms with E-state index in [-0.39, 0.29) is 75.3 Å². The number of carbonyl (C=O) groups excluding carboxylic acids is 2. The Balaban J connectivity index is 0.000000468. The third kappa shape index (κ3) is 44.1. The summed E-state index contributed by atoms with van der Waals surface area (Å²) in [5.74, 6) is -1.21. The Morgan fingerprint density at radius 1 is 0.382 bits per heavy atom. The number of aliphatic hydroxyl groups is 4. The number of hydrogen-bond acceptors (Lipinski definition) is 16. The number of hydrogen-bond donors (Lipinski definition) is 9. The van der Waals surface area contributed by atoms with Crippen molar-refractivity contribution in [3.05, 3.63) is 408 Å². The van der Waals surface area contributed by atoms with Crippen LogP contribution in [0.4, 0.5) is 0 Å². The van der Waals surface area contributed by atoms with Gasteiger partial charge in [0.1, 0.15) is 96.5 Å². The molecule has 20 nitrogen and oxygen atoms in total. The molecule has 0 radical (unpaired) electrons. The van der Waals surface area contributed by atoms with Gasteiger partial charge in [-0.1, -0.05) is 158 Å². The summed E-state index contributed by atoms with van der Waals surface area (Å²) in [5.41, 5.74) is 43.7. The number of carboxylic acid groups (broad SMARTS) is 2. The van der Waals surface area contributed by atoms with Gasteiger partial charge in [0.25, 0.3) is 11.8 Å². The maximum atomic E-state index is 13.1. The van der Waals surface area contributed by atoms with E-state index in [1.165, 1.54) is 48.3 Å². The Morgan fingerprint density at radius 3 is 0.886 bits per heavy atom. The Morgan fingerprint density at radius 2 is 0.642 bits per heavy atom. The number of phenolic OH excluding ortho intramolecular Hbond substituents is 2. The largest absolute Gasteiger partial charge is 0.508 e. The molecule has 1 fully saturated rings. The quantitative estimate of drug-likeness (QED) is 0.00564. The van der Waals surface area contributed by atoms with Crippen LogP contribution in [0.2, 0.25) is 0 Å². The molecule has 1 aliphatic heterocycles. The number of carboxylic acids is 2. The monoisotopic (exact) mass is 1660 g/mol. The lowest BCUT2D eigenvalue weighted by atomic mass is 10.0. The van der Waals surface area contributed by atoms with E-state index in [0.29, 0.717) is 41.9 Å². The number of aliphatic carboxylic acids is 2. The van der Waals surface area contributed by atoms with Gasteiger partial charge in [-0.3, -0.25) is 9.59 Å². The van der Waals surface area contributed by atoms with Crippen LogP contribution < -0.4 is 24.3 Å². The molecule has 0 saturated carbocycles. The van der Waals surface area contributed by atoms with E-state index in [9.17, 15) is 49.8 Å². The van der Waals surface area contributed by atoms with Crippen LogP contribution in [0.25, 0.3) is 0 Å². The maximum Gasteiger partial charge on any atom is 0.342 e. The number of carbonyl (C=O) groups is 4. The first-order valence-electron chi connectivity index (χ1n) is 38.9. The molecule has 1 aliphatic rings. The smallest absolute Gasteiger partial charge is 0.342 e. The molecule has 6 aromatic rings. The number of aromatic hydroxyl groups is 2. The number of nitrogens with zero attached hydrogens (tertiary/aromatic N) is 2. The summed E-state index contributed by atoms with van der Waals surface area (Å²) < 4.78 is 27.7. The van der Waals surface area contributed by atoms with Crippen molar-refractivity contribution in [1.82, 2.24) is 15.1 Å². The molecule has 636 valence electrons. The van der Waals surface area contributed by atoms with Crippen molar-refractivity contribution in [3.8, 4) is 34.5 Å². The molecule has 7 rings (SSSR count). The number of nitrogens with one attached hydrogen (secondary N) is 1. The first kappa shape index (κ1) is 103. The van der Waals surface area contributed by atoms with Crippen LogP contribution in [0.3, 0.4) is 0 Å². The maximum absolute atomic E-state index is 13.1.